The Labute approximate surface area is 194 Å². The fraction of sp³-hybridized carbons (Fsp3) is 0.286. The van der Waals surface area contributed by atoms with Crippen molar-refractivity contribution in [2.75, 3.05) is 25.0 Å². The zero-order valence-electron chi connectivity index (χ0n) is 18.5. The number of carbonyl (C=O) groups excluding carboxylic acids is 1. The van der Waals surface area contributed by atoms with Crippen LogP contribution in [0.15, 0.2) is 72.9 Å². The van der Waals surface area contributed by atoms with Crippen LogP contribution in [0.3, 0.4) is 0 Å². The predicted molar refractivity (Wildman–Crippen MR) is 129 cm³/mol. The van der Waals surface area contributed by atoms with Crippen molar-refractivity contribution in [1.29, 1.82) is 0 Å². The van der Waals surface area contributed by atoms with Crippen LogP contribution < -0.4 is 5.32 Å². The summed E-state index contributed by atoms with van der Waals surface area (Å²) in [5.41, 5.74) is 2.83. The van der Waals surface area contributed by atoms with E-state index < -0.39 is 5.60 Å². The van der Waals surface area contributed by atoms with E-state index in [0.717, 1.165) is 42.7 Å². The molecule has 1 atom stereocenters. The molecule has 3 fully saturated rings. The zero-order valence-corrected chi connectivity index (χ0v) is 18.5. The van der Waals surface area contributed by atoms with E-state index in [1.165, 1.54) is 0 Å². The highest BCUT2D eigenvalue weighted by Gasteiger charge is 2.44. The SMILES string of the molecule is O=C(Nc1ccccc1)c1cnc(C#CC2(O)CN3CCC2CC3)c(Cc2ccccc2)c1. The summed E-state index contributed by atoms with van der Waals surface area (Å²) in [4.78, 5) is 19.7. The summed E-state index contributed by atoms with van der Waals surface area (Å²) in [5.74, 6) is 6.34. The van der Waals surface area contributed by atoms with Crippen LogP contribution in [-0.4, -0.2) is 46.1 Å². The van der Waals surface area contributed by atoms with Crippen molar-refractivity contribution in [2.45, 2.75) is 24.9 Å². The lowest BCUT2D eigenvalue weighted by Crippen LogP contribution is -2.58. The molecule has 5 nitrogen and oxygen atoms in total. The Morgan fingerprint density at radius 1 is 1.09 bits per heavy atom. The highest BCUT2D eigenvalue weighted by molar-refractivity contribution is 6.04. The molecule has 0 spiro atoms. The molecule has 3 aromatic rings. The van der Waals surface area contributed by atoms with Gasteiger partial charge in [-0.25, -0.2) is 4.98 Å². The number of rotatable bonds is 4. The number of aliphatic hydroxyl groups is 1. The van der Waals surface area contributed by atoms with Gasteiger partial charge in [0.05, 0.1) is 5.56 Å². The molecule has 2 bridgehead atoms. The maximum absolute atomic E-state index is 12.8. The van der Waals surface area contributed by atoms with E-state index in [1.54, 1.807) is 6.20 Å². The molecule has 3 aliphatic rings. The molecule has 2 aromatic carbocycles. The van der Waals surface area contributed by atoms with E-state index in [9.17, 15) is 9.90 Å². The Bertz CT molecular complexity index is 1190. The fourth-order valence-electron chi connectivity index (χ4n) is 4.77. The van der Waals surface area contributed by atoms with Gasteiger partial charge in [0.25, 0.3) is 5.91 Å². The number of carbonyl (C=O) groups is 1. The molecule has 1 unspecified atom stereocenters. The van der Waals surface area contributed by atoms with Crippen LogP contribution in [0.25, 0.3) is 0 Å². The topological polar surface area (TPSA) is 65.5 Å². The molecule has 6 rings (SSSR count). The van der Waals surface area contributed by atoms with Crippen LogP contribution in [0.2, 0.25) is 0 Å². The first-order valence-electron chi connectivity index (χ1n) is 11.5. The second-order valence-electron chi connectivity index (χ2n) is 8.94. The Hall–Kier alpha value is -3.46. The van der Waals surface area contributed by atoms with Crippen molar-refractivity contribution < 1.29 is 9.90 Å². The molecular weight excluding hydrogens is 410 g/mol. The number of benzene rings is 2. The molecule has 0 aliphatic carbocycles. The minimum atomic E-state index is -0.994. The molecule has 2 N–H and O–H groups in total. The van der Waals surface area contributed by atoms with Crippen molar-refractivity contribution >= 4 is 11.6 Å². The largest absolute Gasteiger partial charge is 0.376 e. The van der Waals surface area contributed by atoms with E-state index in [2.05, 4.69) is 39.2 Å². The number of para-hydroxylation sites is 1. The lowest BCUT2D eigenvalue weighted by atomic mass is 9.76. The summed E-state index contributed by atoms with van der Waals surface area (Å²) in [6.07, 6.45) is 4.14. The number of hydrogen-bond acceptors (Lipinski definition) is 4. The molecule has 3 saturated heterocycles. The average Bonchev–Trinajstić information content (AvgIpc) is 2.85. The lowest BCUT2D eigenvalue weighted by Gasteiger charge is -2.47. The average molecular weight is 438 g/mol. The second-order valence-corrected chi connectivity index (χ2v) is 8.94. The summed E-state index contributed by atoms with van der Waals surface area (Å²) in [6.45, 7) is 2.67. The van der Waals surface area contributed by atoms with Crippen LogP contribution in [0.1, 0.15) is 40.0 Å². The van der Waals surface area contributed by atoms with Gasteiger partial charge in [0.15, 0.2) is 0 Å². The number of fused-ring (bicyclic) bond motifs is 3. The van der Waals surface area contributed by atoms with Crippen LogP contribution >= 0.6 is 0 Å². The van der Waals surface area contributed by atoms with E-state index in [1.807, 2.05) is 54.6 Å². The molecule has 3 aliphatic heterocycles. The molecule has 1 aromatic heterocycles. The molecule has 33 heavy (non-hydrogen) atoms. The molecule has 5 heteroatoms. The summed E-state index contributed by atoms with van der Waals surface area (Å²) in [7, 11) is 0. The number of hydrogen-bond donors (Lipinski definition) is 2. The number of amides is 1. The van der Waals surface area contributed by atoms with Crippen molar-refractivity contribution in [1.82, 2.24) is 9.88 Å². The van der Waals surface area contributed by atoms with Crippen LogP contribution in [0.5, 0.6) is 0 Å². The van der Waals surface area contributed by atoms with Gasteiger partial charge in [-0.3, -0.25) is 9.69 Å². The first-order chi connectivity index (χ1) is 16.1. The van der Waals surface area contributed by atoms with Gasteiger partial charge in [0, 0.05) is 30.8 Å². The van der Waals surface area contributed by atoms with Gasteiger partial charge >= 0.3 is 0 Å². The minimum absolute atomic E-state index is 0.210. The van der Waals surface area contributed by atoms with E-state index >= 15 is 0 Å². The number of piperidine rings is 3. The quantitative estimate of drug-likeness (QED) is 0.611. The maximum Gasteiger partial charge on any atom is 0.257 e. The van der Waals surface area contributed by atoms with Gasteiger partial charge in [-0.1, -0.05) is 54.5 Å². The molecule has 0 radical (unpaired) electrons. The molecule has 0 saturated carbocycles. The standard InChI is InChI=1S/C28H27N3O2/c32-27(30-25-9-5-2-6-10-25)23-18-22(17-21-7-3-1-4-8-21)26(29-19-23)11-14-28(33)20-31-15-12-24(28)13-16-31/h1-10,18-19,24,33H,12-13,15-17,20H2,(H,30,32). The number of nitrogens with zero attached hydrogens (tertiary/aromatic N) is 2. The summed E-state index contributed by atoms with van der Waals surface area (Å²) >= 11 is 0. The van der Waals surface area contributed by atoms with E-state index in [0.29, 0.717) is 24.2 Å². The van der Waals surface area contributed by atoms with E-state index in [4.69, 9.17) is 0 Å². The van der Waals surface area contributed by atoms with Gasteiger partial charge in [-0.2, -0.15) is 0 Å². The number of aromatic nitrogens is 1. The smallest absolute Gasteiger partial charge is 0.257 e. The van der Waals surface area contributed by atoms with Crippen LogP contribution in [0.4, 0.5) is 5.69 Å². The second kappa shape index (κ2) is 9.19. The monoisotopic (exact) mass is 437 g/mol. The van der Waals surface area contributed by atoms with Gasteiger partial charge in [0.1, 0.15) is 11.3 Å². The molecular formula is C28H27N3O2. The minimum Gasteiger partial charge on any atom is -0.376 e. The number of pyridine rings is 1. The van der Waals surface area contributed by atoms with Crippen molar-refractivity contribution in [3.05, 3.63) is 95.3 Å². The van der Waals surface area contributed by atoms with Gasteiger partial charge in [-0.05, 0) is 61.2 Å². The summed E-state index contributed by atoms with van der Waals surface area (Å²) < 4.78 is 0. The highest BCUT2D eigenvalue weighted by atomic mass is 16.3. The first-order valence-corrected chi connectivity index (χ1v) is 11.5. The third kappa shape index (κ3) is 4.83. The number of anilines is 1. The van der Waals surface area contributed by atoms with Crippen molar-refractivity contribution in [3.63, 3.8) is 0 Å². The molecule has 166 valence electrons. The van der Waals surface area contributed by atoms with Crippen LogP contribution in [-0.2, 0) is 6.42 Å². The van der Waals surface area contributed by atoms with E-state index in [-0.39, 0.29) is 11.8 Å². The first kappa shape index (κ1) is 21.4. The normalized spacial score (nSPS) is 23.4. The Morgan fingerprint density at radius 3 is 2.45 bits per heavy atom. The van der Waals surface area contributed by atoms with Crippen molar-refractivity contribution in [2.24, 2.45) is 5.92 Å². The highest BCUT2D eigenvalue weighted by Crippen LogP contribution is 2.35. The Morgan fingerprint density at radius 2 is 1.79 bits per heavy atom. The molecule has 1 amide bonds. The van der Waals surface area contributed by atoms with Gasteiger partial charge in [-0.15, -0.1) is 0 Å². The third-order valence-electron chi connectivity index (χ3n) is 6.62. The molecule has 4 heterocycles. The maximum atomic E-state index is 12.8. The fourth-order valence-corrected chi connectivity index (χ4v) is 4.77. The van der Waals surface area contributed by atoms with Crippen LogP contribution in [0, 0.1) is 17.8 Å². The van der Waals surface area contributed by atoms with Gasteiger partial charge in [0.2, 0.25) is 0 Å². The zero-order chi connectivity index (χ0) is 22.7. The Balaban J connectivity index is 1.45. The predicted octanol–water partition coefficient (Wildman–Crippen LogP) is 3.73. The Kier molecular flexibility index (Phi) is 5.95. The summed E-state index contributed by atoms with van der Waals surface area (Å²) in [5, 5.41) is 14.1. The summed E-state index contributed by atoms with van der Waals surface area (Å²) in [6, 6.07) is 21.3. The lowest BCUT2D eigenvalue weighted by molar-refractivity contribution is -0.0713. The van der Waals surface area contributed by atoms with Gasteiger partial charge < -0.3 is 10.4 Å². The third-order valence-corrected chi connectivity index (χ3v) is 6.62. The van der Waals surface area contributed by atoms with Crippen molar-refractivity contribution in [3.8, 4) is 11.8 Å². The number of nitrogens with one attached hydrogen (secondary N) is 1.